The number of hydrogen-bond donors (Lipinski definition) is 1. The molecule has 0 spiro atoms. The molecule has 1 N–H and O–H groups in total. The van der Waals surface area contributed by atoms with Gasteiger partial charge in [0, 0.05) is 18.7 Å². The van der Waals surface area contributed by atoms with Crippen molar-refractivity contribution >= 4 is 21.7 Å². The van der Waals surface area contributed by atoms with Gasteiger partial charge in [-0.1, -0.05) is 17.7 Å². The van der Waals surface area contributed by atoms with E-state index in [1.54, 1.807) is 30.3 Å². The number of benzene rings is 2. The van der Waals surface area contributed by atoms with Crippen LogP contribution in [0, 0.1) is 6.92 Å². The van der Waals surface area contributed by atoms with Crippen LogP contribution in [0.2, 0.25) is 0 Å². The first-order chi connectivity index (χ1) is 12.2. The van der Waals surface area contributed by atoms with E-state index in [0.717, 1.165) is 5.56 Å². The largest absolute Gasteiger partial charge is 0.493 e. The van der Waals surface area contributed by atoms with Crippen molar-refractivity contribution in [2.24, 2.45) is 0 Å². The standard InChI is InChI=1S/C18H21NO6S/c1-12-5-8-16(9-6-12)26(21,22)25-14(3)24-17-10-7-15(19-13(2)20)11-18(17)23-4/h5-11,14H,1-4H3,(H,19,20). The van der Waals surface area contributed by atoms with E-state index in [-0.39, 0.29) is 16.6 Å². The zero-order valence-electron chi connectivity index (χ0n) is 15.0. The average Bonchev–Trinajstić information content (AvgIpc) is 2.55. The monoisotopic (exact) mass is 379 g/mol. The van der Waals surface area contributed by atoms with Crippen LogP contribution in [0.3, 0.4) is 0 Å². The number of nitrogens with one attached hydrogen (secondary N) is 1. The van der Waals surface area contributed by atoms with Gasteiger partial charge in [-0.15, -0.1) is 0 Å². The van der Waals surface area contributed by atoms with Gasteiger partial charge >= 0.3 is 0 Å². The molecule has 8 heteroatoms. The Hall–Kier alpha value is -2.58. The van der Waals surface area contributed by atoms with E-state index in [4.69, 9.17) is 13.7 Å². The summed E-state index contributed by atoms with van der Waals surface area (Å²) in [5, 5.41) is 2.62. The van der Waals surface area contributed by atoms with Gasteiger partial charge in [-0.05, 0) is 38.1 Å². The van der Waals surface area contributed by atoms with E-state index < -0.39 is 16.4 Å². The SMILES string of the molecule is COc1cc(NC(C)=O)ccc1OC(C)OS(=O)(=O)c1ccc(C)cc1. The number of ether oxygens (including phenoxy) is 2. The van der Waals surface area contributed by atoms with Crippen LogP contribution < -0.4 is 14.8 Å². The van der Waals surface area contributed by atoms with Crippen molar-refractivity contribution in [2.75, 3.05) is 12.4 Å². The van der Waals surface area contributed by atoms with Gasteiger partial charge in [0.15, 0.2) is 11.5 Å². The second kappa shape index (κ2) is 8.20. The van der Waals surface area contributed by atoms with Crippen LogP contribution in [0.1, 0.15) is 19.4 Å². The van der Waals surface area contributed by atoms with E-state index in [2.05, 4.69) is 5.32 Å². The quantitative estimate of drug-likeness (QED) is 0.587. The smallest absolute Gasteiger partial charge is 0.300 e. The van der Waals surface area contributed by atoms with E-state index in [0.29, 0.717) is 11.4 Å². The second-order valence-corrected chi connectivity index (χ2v) is 7.17. The van der Waals surface area contributed by atoms with Gasteiger partial charge in [0.05, 0.1) is 12.0 Å². The van der Waals surface area contributed by atoms with Crippen molar-refractivity contribution < 1.29 is 26.9 Å². The minimum absolute atomic E-state index is 0.0477. The Morgan fingerprint density at radius 2 is 1.73 bits per heavy atom. The van der Waals surface area contributed by atoms with Crippen molar-refractivity contribution in [2.45, 2.75) is 32.0 Å². The first-order valence-corrected chi connectivity index (χ1v) is 9.24. The molecule has 0 heterocycles. The summed E-state index contributed by atoms with van der Waals surface area (Å²) in [6.45, 7) is 4.72. The predicted octanol–water partition coefficient (Wildman–Crippen LogP) is 3.09. The fraction of sp³-hybridized carbons (Fsp3) is 0.278. The Balaban J connectivity index is 2.12. The van der Waals surface area contributed by atoms with Crippen LogP contribution in [-0.4, -0.2) is 27.7 Å². The van der Waals surface area contributed by atoms with E-state index >= 15 is 0 Å². The van der Waals surface area contributed by atoms with Crippen LogP contribution >= 0.6 is 0 Å². The molecule has 2 aromatic rings. The molecule has 140 valence electrons. The molecule has 26 heavy (non-hydrogen) atoms. The van der Waals surface area contributed by atoms with Crippen molar-refractivity contribution in [1.82, 2.24) is 0 Å². The molecule has 1 unspecified atom stereocenters. The normalized spacial score (nSPS) is 12.3. The van der Waals surface area contributed by atoms with Gasteiger partial charge in [0.2, 0.25) is 12.2 Å². The second-order valence-electron chi connectivity index (χ2n) is 5.60. The Labute approximate surface area is 153 Å². The maximum atomic E-state index is 12.3. The number of methoxy groups -OCH3 is 1. The molecule has 0 saturated carbocycles. The highest BCUT2D eigenvalue weighted by Crippen LogP contribution is 2.31. The minimum atomic E-state index is -3.96. The summed E-state index contributed by atoms with van der Waals surface area (Å²) in [6.07, 6.45) is -1.08. The Morgan fingerprint density at radius 1 is 1.08 bits per heavy atom. The Bertz CT molecular complexity index is 877. The van der Waals surface area contributed by atoms with Gasteiger partial charge in [0.25, 0.3) is 10.1 Å². The highest BCUT2D eigenvalue weighted by atomic mass is 32.2. The first kappa shape index (κ1) is 19.7. The lowest BCUT2D eigenvalue weighted by Crippen LogP contribution is -2.21. The summed E-state index contributed by atoms with van der Waals surface area (Å²) >= 11 is 0. The fourth-order valence-electron chi connectivity index (χ4n) is 2.18. The molecule has 1 atom stereocenters. The third-order valence-corrected chi connectivity index (χ3v) is 4.72. The summed E-state index contributed by atoms with van der Waals surface area (Å²) < 4.78 is 40.4. The van der Waals surface area contributed by atoms with E-state index in [9.17, 15) is 13.2 Å². The lowest BCUT2D eigenvalue weighted by molar-refractivity contribution is -0.114. The third-order valence-electron chi connectivity index (χ3n) is 3.35. The van der Waals surface area contributed by atoms with Crippen LogP contribution in [0.5, 0.6) is 11.5 Å². The molecule has 0 bridgehead atoms. The van der Waals surface area contributed by atoms with Crippen LogP contribution in [-0.2, 0) is 19.1 Å². The van der Waals surface area contributed by atoms with Crippen LogP contribution in [0.4, 0.5) is 5.69 Å². The molecule has 0 radical (unpaired) electrons. The van der Waals surface area contributed by atoms with Crippen molar-refractivity contribution in [3.8, 4) is 11.5 Å². The van der Waals surface area contributed by atoms with Gasteiger partial charge in [-0.2, -0.15) is 8.42 Å². The lowest BCUT2D eigenvalue weighted by Gasteiger charge is -2.18. The maximum absolute atomic E-state index is 12.3. The number of carbonyl (C=O) groups is 1. The van der Waals surface area contributed by atoms with Gasteiger partial charge in [0.1, 0.15) is 0 Å². The molecule has 2 aromatic carbocycles. The third kappa shape index (κ3) is 5.21. The zero-order chi connectivity index (χ0) is 19.3. The number of amides is 1. The average molecular weight is 379 g/mol. The number of anilines is 1. The summed E-state index contributed by atoms with van der Waals surface area (Å²) in [4.78, 5) is 11.2. The van der Waals surface area contributed by atoms with Crippen LogP contribution in [0.15, 0.2) is 47.4 Å². The molecule has 0 aliphatic heterocycles. The van der Waals surface area contributed by atoms with E-state index in [1.807, 2.05) is 6.92 Å². The zero-order valence-corrected chi connectivity index (χ0v) is 15.8. The van der Waals surface area contributed by atoms with Gasteiger partial charge in [-0.3, -0.25) is 4.79 Å². The number of hydrogen-bond acceptors (Lipinski definition) is 6. The molecule has 0 aliphatic carbocycles. The number of carbonyl (C=O) groups excluding carboxylic acids is 1. The molecule has 0 aromatic heterocycles. The Kier molecular flexibility index (Phi) is 6.23. The Morgan fingerprint density at radius 3 is 2.31 bits per heavy atom. The summed E-state index contributed by atoms with van der Waals surface area (Å²) in [5.41, 5.74) is 1.47. The molecule has 0 fully saturated rings. The topological polar surface area (TPSA) is 90.9 Å². The highest BCUT2D eigenvalue weighted by molar-refractivity contribution is 7.86. The molecule has 0 aliphatic rings. The summed E-state index contributed by atoms with van der Waals surface area (Å²) in [5.74, 6) is 0.397. The van der Waals surface area contributed by atoms with Crippen molar-refractivity contribution in [3.63, 3.8) is 0 Å². The summed E-state index contributed by atoms with van der Waals surface area (Å²) in [6, 6.07) is 11.1. The van der Waals surface area contributed by atoms with E-state index in [1.165, 1.54) is 33.1 Å². The lowest BCUT2D eigenvalue weighted by atomic mass is 10.2. The van der Waals surface area contributed by atoms with Crippen LogP contribution in [0.25, 0.3) is 0 Å². The predicted molar refractivity (Wildman–Crippen MR) is 96.8 cm³/mol. The minimum Gasteiger partial charge on any atom is -0.493 e. The first-order valence-electron chi connectivity index (χ1n) is 7.83. The van der Waals surface area contributed by atoms with Crippen molar-refractivity contribution in [3.05, 3.63) is 48.0 Å². The molecular formula is C18H21NO6S. The number of aryl methyl sites for hydroxylation is 1. The molecule has 0 saturated heterocycles. The van der Waals surface area contributed by atoms with Gasteiger partial charge < -0.3 is 14.8 Å². The molecule has 7 nitrogen and oxygen atoms in total. The molecule has 1 amide bonds. The maximum Gasteiger partial charge on any atom is 0.300 e. The molecule has 2 rings (SSSR count). The highest BCUT2D eigenvalue weighted by Gasteiger charge is 2.21. The van der Waals surface area contributed by atoms with Crippen molar-refractivity contribution in [1.29, 1.82) is 0 Å². The number of rotatable bonds is 7. The fourth-order valence-corrected chi connectivity index (χ4v) is 3.16. The van der Waals surface area contributed by atoms with Gasteiger partial charge in [-0.25, -0.2) is 4.18 Å². The molecular weight excluding hydrogens is 358 g/mol. The summed E-state index contributed by atoms with van der Waals surface area (Å²) in [7, 11) is -2.52.